The van der Waals surface area contributed by atoms with Crippen LogP contribution in [0.5, 0.6) is 5.75 Å². The molecule has 2 aromatic rings. The molecule has 0 fully saturated rings. The van der Waals surface area contributed by atoms with Crippen molar-refractivity contribution >= 4 is 11.9 Å². The average Bonchev–Trinajstić information content (AvgIpc) is 2.58. The predicted octanol–water partition coefficient (Wildman–Crippen LogP) is 2.96. The van der Waals surface area contributed by atoms with Crippen molar-refractivity contribution in [2.24, 2.45) is 0 Å². The molecule has 1 amide bonds. The largest absolute Gasteiger partial charge is 0.494 e. The third-order valence-corrected chi connectivity index (χ3v) is 3.71. The van der Waals surface area contributed by atoms with Crippen LogP contribution in [0.25, 0.3) is 11.3 Å². The minimum atomic E-state index is -0.234. The maximum Gasteiger partial charge on any atom is 0.255 e. The van der Waals surface area contributed by atoms with Crippen molar-refractivity contribution in [3.05, 3.63) is 35.5 Å². The van der Waals surface area contributed by atoms with Crippen molar-refractivity contribution in [1.82, 2.24) is 15.3 Å². The maximum atomic E-state index is 12.2. The second-order valence-corrected chi connectivity index (χ2v) is 5.55. The molecule has 0 saturated heterocycles. The van der Waals surface area contributed by atoms with Crippen molar-refractivity contribution < 1.29 is 9.53 Å². The molecule has 1 aromatic carbocycles. The van der Waals surface area contributed by atoms with E-state index in [4.69, 9.17) is 10.5 Å². The highest BCUT2D eigenvalue weighted by molar-refractivity contribution is 6.00. The van der Waals surface area contributed by atoms with Crippen molar-refractivity contribution in [2.75, 3.05) is 19.4 Å². The van der Waals surface area contributed by atoms with Gasteiger partial charge in [-0.15, -0.1) is 0 Å². The Morgan fingerprint density at radius 2 is 1.92 bits per heavy atom. The fraction of sp³-hybridized carbons (Fsp3) is 0.389. The van der Waals surface area contributed by atoms with Gasteiger partial charge in [-0.3, -0.25) is 4.79 Å². The quantitative estimate of drug-likeness (QED) is 0.763. The summed E-state index contributed by atoms with van der Waals surface area (Å²) in [7, 11) is 1.58. The number of unbranched alkanes of at least 4 members (excludes halogenated alkanes) is 2. The number of hydrogen-bond acceptors (Lipinski definition) is 5. The number of aromatic nitrogens is 2. The first-order chi connectivity index (χ1) is 11.6. The van der Waals surface area contributed by atoms with Crippen molar-refractivity contribution in [1.29, 1.82) is 0 Å². The molecule has 0 unspecified atom stereocenters. The molecule has 24 heavy (non-hydrogen) atoms. The van der Waals surface area contributed by atoms with E-state index in [-0.39, 0.29) is 11.9 Å². The second kappa shape index (κ2) is 8.29. The van der Waals surface area contributed by atoms with E-state index in [1.165, 1.54) is 6.42 Å². The van der Waals surface area contributed by atoms with E-state index in [2.05, 4.69) is 22.2 Å². The van der Waals surface area contributed by atoms with E-state index in [9.17, 15) is 4.79 Å². The number of nitrogens with zero attached hydrogens (tertiary/aromatic N) is 2. The smallest absolute Gasteiger partial charge is 0.255 e. The number of nitrogens with one attached hydrogen (secondary N) is 1. The Kier molecular flexibility index (Phi) is 6.12. The number of rotatable bonds is 7. The highest BCUT2D eigenvalue weighted by Gasteiger charge is 2.18. The molecule has 0 aliphatic heterocycles. The molecule has 6 heteroatoms. The Bertz CT molecular complexity index is 699. The summed E-state index contributed by atoms with van der Waals surface area (Å²) in [5.74, 6) is 0.715. The summed E-state index contributed by atoms with van der Waals surface area (Å²) in [6.45, 7) is 4.61. The van der Waals surface area contributed by atoms with Gasteiger partial charge in [-0.05, 0) is 37.6 Å². The first kappa shape index (κ1) is 17.7. The van der Waals surface area contributed by atoms with Gasteiger partial charge in [0.25, 0.3) is 5.91 Å². The van der Waals surface area contributed by atoms with Crippen LogP contribution in [0.15, 0.2) is 24.3 Å². The molecule has 0 atom stereocenters. The van der Waals surface area contributed by atoms with E-state index >= 15 is 0 Å². The number of ether oxygens (including phenoxy) is 1. The monoisotopic (exact) mass is 328 g/mol. The molecule has 1 aromatic heterocycles. The van der Waals surface area contributed by atoms with Crippen LogP contribution in [0.2, 0.25) is 0 Å². The minimum Gasteiger partial charge on any atom is -0.494 e. The first-order valence-corrected chi connectivity index (χ1v) is 8.16. The normalized spacial score (nSPS) is 10.5. The van der Waals surface area contributed by atoms with Gasteiger partial charge in [0.1, 0.15) is 5.75 Å². The van der Waals surface area contributed by atoms with Gasteiger partial charge in [0, 0.05) is 12.6 Å². The topological polar surface area (TPSA) is 90.1 Å². The van der Waals surface area contributed by atoms with Crippen molar-refractivity contribution in [3.63, 3.8) is 0 Å². The Balaban J connectivity index is 2.26. The number of benzene rings is 1. The lowest BCUT2D eigenvalue weighted by molar-refractivity contribution is 0.0962. The lowest BCUT2D eigenvalue weighted by Crippen LogP contribution is -2.21. The van der Waals surface area contributed by atoms with Crippen LogP contribution in [0, 0.1) is 6.92 Å². The number of nitrogens with two attached hydrogens (primary N) is 1. The van der Waals surface area contributed by atoms with Crippen LogP contribution >= 0.6 is 0 Å². The highest BCUT2D eigenvalue weighted by Crippen LogP contribution is 2.26. The molecule has 128 valence electrons. The zero-order valence-corrected chi connectivity index (χ0v) is 14.4. The average molecular weight is 328 g/mol. The van der Waals surface area contributed by atoms with E-state index in [1.807, 2.05) is 24.3 Å². The third-order valence-electron chi connectivity index (χ3n) is 3.71. The van der Waals surface area contributed by atoms with Crippen LogP contribution in [0.4, 0.5) is 5.95 Å². The summed E-state index contributed by atoms with van der Waals surface area (Å²) < 4.78 is 5.71. The predicted molar refractivity (Wildman–Crippen MR) is 95.0 cm³/mol. The van der Waals surface area contributed by atoms with Gasteiger partial charge in [0.05, 0.1) is 23.6 Å². The molecular formula is C18H24N4O2. The van der Waals surface area contributed by atoms with Gasteiger partial charge in [0.15, 0.2) is 0 Å². The zero-order valence-electron chi connectivity index (χ0n) is 14.4. The molecule has 0 spiro atoms. The van der Waals surface area contributed by atoms with E-state index in [1.54, 1.807) is 14.0 Å². The fourth-order valence-electron chi connectivity index (χ4n) is 2.45. The summed E-state index contributed by atoms with van der Waals surface area (Å²) in [5, 5.41) is 2.62. The van der Waals surface area contributed by atoms with Gasteiger partial charge in [-0.2, -0.15) is 0 Å². The fourth-order valence-corrected chi connectivity index (χ4v) is 2.45. The molecule has 0 radical (unpaired) electrons. The molecule has 3 N–H and O–H groups in total. The van der Waals surface area contributed by atoms with Crippen molar-refractivity contribution in [2.45, 2.75) is 33.1 Å². The highest BCUT2D eigenvalue weighted by atomic mass is 16.5. The summed E-state index contributed by atoms with van der Waals surface area (Å²) in [5.41, 5.74) is 8.06. The first-order valence-electron chi connectivity index (χ1n) is 8.16. The Labute approximate surface area is 142 Å². The molecular weight excluding hydrogens is 304 g/mol. The molecule has 0 bridgehead atoms. The maximum absolute atomic E-state index is 12.2. The molecule has 0 aliphatic rings. The van der Waals surface area contributed by atoms with Crippen LogP contribution < -0.4 is 15.8 Å². The molecule has 0 saturated carbocycles. The molecule has 1 heterocycles. The standard InChI is InChI=1S/C18H24N4O2/c1-4-5-6-11-24-14-9-7-13(8-10-14)16-15(17(23)20-3)12(2)21-18(19)22-16/h7-10H,4-6,11H2,1-3H3,(H,20,23)(H2,19,21,22). The zero-order chi connectivity index (χ0) is 17.5. The van der Waals surface area contributed by atoms with Crippen LogP contribution in [0.3, 0.4) is 0 Å². The Morgan fingerprint density at radius 1 is 1.21 bits per heavy atom. The summed E-state index contributed by atoms with van der Waals surface area (Å²) in [6.07, 6.45) is 3.37. The number of hydrogen-bond donors (Lipinski definition) is 2. The second-order valence-electron chi connectivity index (χ2n) is 5.55. The molecule has 6 nitrogen and oxygen atoms in total. The number of nitrogen functional groups attached to an aromatic ring is 1. The number of anilines is 1. The van der Waals surface area contributed by atoms with Crippen LogP contribution in [-0.2, 0) is 0 Å². The minimum absolute atomic E-state index is 0.148. The lowest BCUT2D eigenvalue weighted by atomic mass is 10.0. The Morgan fingerprint density at radius 3 is 2.54 bits per heavy atom. The van der Waals surface area contributed by atoms with Crippen LogP contribution in [0.1, 0.15) is 42.2 Å². The van der Waals surface area contributed by atoms with E-state index in [0.717, 1.165) is 24.2 Å². The van der Waals surface area contributed by atoms with Crippen LogP contribution in [-0.4, -0.2) is 29.5 Å². The van der Waals surface area contributed by atoms with Gasteiger partial charge in [-0.1, -0.05) is 19.8 Å². The summed E-state index contributed by atoms with van der Waals surface area (Å²) in [4.78, 5) is 20.5. The number of aryl methyl sites for hydroxylation is 1. The van der Waals surface area contributed by atoms with Crippen molar-refractivity contribution in [3.8, 4) is 17.0 Å². The lowest BCUT2D eigenvalue weighted by Gasteiger charge is -2.12. The van der Waals surface area contributed by atoms with Gasteiger partial charge >= 0.3 is 0 Å². The van der Waals surface area contributed by atoms with Gasteiger partial charge < -0.3 is 15.8 Å². The molecule has 2 rings (SSSR count). The van der Waals surface area contributed by atoms with E-state index in [0.29, 0.717) is 23.6 Å². The van der Waals surface area contributed by atoms with Gasteiger partial charge in [-0.25, -0.2) is 9.97 Å². The SMILES string of the molecule is CCCCCOc1ccc(-c2nc(N)nc(C)c2C(=O)NC)cc1. The van der Waals surface area contributed by atoms with Gasteiger partial charge in [0.2, 0.25) is 5.95 Å². The number of carbonyl (C=O) groups is 1. The van der Waals surface area contributed by atoms with E-state index < -0.39 is 0 Å². The summed E-state index contributed by atoms with van der Waals surface area (Å²) in [6, 6.07) is 7.51. The molecule has 0 aliphatic carbocycles. The summed E-state index contributed by atoms with van der Waals surface area (Å²) >= 11 is 0. The number of amides is 1. The number of carbonyl (C=O) groups excluding carboxylic acids is 1. The Hall–Kier alpha value is -2.63. The third kappa shape index (κ3) is 4.22.